The zero-order valence-corrected chi connectivity index (χ0v) is 17.7. The molecule has 1 aliphatic carbocycles. The topological polar surface area (TPSA) is 34.9 Å². The summed E-state index contributed by atoms with van der Waals surface area (Å²) in [4.78, 5) is 20.9. The molecule has 2 heterocycles. The largest absolute Gasteiger partial charge is 0.283 e. The number of aromatic nitrogens is 2. The van der Waals surface area contributed by atoms with Crippen molar-refractivity contribution in [3.63, 3.8) is 0 Å². The van der Waals surface area contributed by atoms with E-state index in [-0.39, 0.29) is 5.56 Å². The number of aryl methyl sites for hydroxylation is 1. The smallest absolute Gasteiger partial charge is 0.263 e. The number of benzene rings is 1. The van der Waals surface area contributed by atoms with E-state index >= 15 is 0 Å². The molecule has 0 N–H and O–H groups in total. The number of fused-ring (bicyclic) bond motifs is 3. The molecule has 1 atom stereocenters. The van der Waals surface area contributed by atoms with Crippen LogP contribution in [0.4, 0.5) is 0 Å². The summed E-state index contributed by atoms with van der Waals surface area (Å²) in [5, 5.41) is 1.76. The third-order valence-corrected chi connectivity index (χ3v) is 7.54. The molecule has 3 aromatic rings. The quantitative estimate of drug-likeness (QED) is 0.311. The van der Waals surface area contributed by atoms with E-state index in [4.69, 9.17) is 4.98 Å². The Balaban J connectivity index is 1.83. The molecule has 2 aromatic heterocycles. The SMILES string of the molecule is CCCCSc1nc2sc3c(c2c(=O)n1Cc1ccccc1)C[C@H](C)CC3. The summed E-state index contributed by atoms with van der Waals surface area (Å²) in [6.45, 7) is 5.08. The molecule has 0 radical (unpaired) electrons. The minimum atomic E-state index is 0.148. The Hall–Kier alpha value is -1.59. The van der Waals surface area contributed by atoms with Crippen molar-refractivity contribution >= 4 is 33.3 Å². The van der Waals surface area contributed by atoms with Crippen molar-refractivity contribution in [1.82, 2.24) is 9.55 Å². The second kappa shape index (κ2) is 8.19. The van der Waals surface area contributed by atoms with E-state index in [0.717, 1.165) is 52.4 Å². The first-order valence-electron chi connectivity index (χ1n) is 9.89. The molecule has 1 aliphatic rings. The van der Waals surface area contributed by atoms with Crippen molar-refractivity contribution in [2.75, 3.05) is 5.75 Å². The van der Waals surface area contributed by atoms with E-state index in [0.29, 0.717) is 12.5 Å². The van der Waals surface area contributed by atoms with E-state index in [2.05, 4.69) is 26.0 Å². The zero-order chi connectivity index (χ0) is 18.8. The first-order chi connectivity index (χ1) is 13.2. The Labute approximate surface area is 168 Å². The van der Waals surface area contributed by atoms with Crippen LogP contribution in [-0.4, -0.2) is 15.3 Å². The zero-order valence-electron chi connectivity index (χ0n) is 16.0. The minimum Gasteiger partial charge on any atom is -0.283 e. The Morgan fingerprint density at radius 3 is 2.89 bits per heavy atom. The van der Waals surface area contributed by atoms with Gasteiger partial charge in [-0.2, -0.15) is 0 Å². The lowest BCUT2D eigenvalue weighted by Gasteiger charge is -2.18. The van der Waals surface area contributed by atoms with Crippen LogP contribution in [0.2, 0.25) is 0 Å². The summed E-state index contributed by atoms with van der Waals surface area (Å²) in [5.74, 6) is 1.65. The van der Waals surface area contributed by atoms with Gasteiger partial charge in [0.15, 0.2) is 5.16 Å². The molecular formula is C22H26N2OS2. The van der Waals surface area contributed by atoms with Gasteiger partial charge in [0.2, 0.25) is 0 Å². The second-order valence-electron chi connectivity index (χ2n) is 7.51. The Kier molecular flexibility index (Phi) is 5.69. The second-order valence-corrected chi connectivity index (χ2v) is 9.65. The summed E-state index contributed by atoms with van der Waals surface area (Å²) < 4.78 is 1.91. The van der Waals surface area contributed by atoms with Gasteiger partial charge < -0.3 is 0 Å². The van der Waals surface area contributed by atoms with Crippen molar-refractivity contribution < 1.29 is 0 Å². The Morgan fingerprint density at radius 2 is 2.11 bits per heavy atom. The van der Waals surface area contributed by atoms with E-state index in [1.165, 1.54) is 16.9 Å². The molecule has 1 aromatic carbocycles. The van der Waals surface area contributed by atoms with Crippen LogP contribution in [0.25, 0.3) is 10.2 Å². The van der Waals surface area contributed by atoms with Crippen LogP contribution < -0.4 is 5.56 Å². The van der Waals surface area contributed by atoms with Gasteiger partial charge in [0, 0.05) is 10.6 Å². The molecule has 0 amide bonds. The van der Waals surface area contributed by atoms with Gasteiger partial charge >= 0.3 is 0 Å². The van der Waals surface area contributed by atoms with Crippen LogP contribution >= 0.6 is 23.1 Å². The molecule has 142 valence electrons. The number of thiophene rings is 1. The fourth-order valence-electron chi connectivity index (χ4n) is 3.74. The number of thioether (sulfide) groups is 1. The van der Waals surface area contributed by atoms with Crippen LogP contribution in [0.3, 0.4) is 0 Å². The van der Waals surface area contributed by atoms with Crippen molar-refractivity contribution in [3.8, 4) is 0 Å². The summed E-state index contributed by atoms with van der Waals surface area (Å²) in [6, 6.07) is 10.3. The number of rotatable bonds is 6. The van der Waals surface area contributed by atoms with E-state index in [9.17, 15) is 4.79 Å². The fourth-order valence-corrected chi connectivity index (χ4v) is 6.07. The van der Waals surface area contributed by atoms with Gasteiger partial charge in [-0.25, -0.2) is 4.98 Å². The molecular weight excluding hydrogens is 372 g/mol. The standard InChI is InChI=1S/C22H26N2OS2/c1-3-4-12-26-22-23-20-19(17-13-15(2)10-11-18(17)27-20)21(25)24(22)14-16-8-6-5-7-9-16/h5-9,15H,3-4,10-14H2,1-2H3/t15-/m1/s1. The average Bonchev–Trinajstić information content (AvgIpc) is 3.03. The third kappa shape index (κ3) is 3.85. The van der Waals surface area contributed by atoms with Crippen LogP contribution in [0, 0.1) is 5.92 Å². The summed E-state index contributed by atoms with van der Waals surface area (Å²) >= 11 is 3.47. The molecule has 5 heteroatoms. The van der Waals surface area contributed by atoms with Crippen LogP contribution in [0.5, 0.6) is 0 Å². The maximum atomic E-state index is 13.5. The first kappa shape index (κ1) is 18.8. The van der Waals surface area contributed by atoms with Gasteiger partial charge in [0.25, 0.3) is 5.56 Å². The van der Waals surface area contributed by atoms with Crippen molar-refractivity contribution in [2.45, 2.75) is 57.7 Å². The number of hydrogen-bond donors (Lipinski definition) is 0. The lowest BCUT2D eigenvalue weighted by atomic mass is 9.89. The molecule has 0 aliphatic heterocycles. The monoisotopic (exact) mass is 398 g/mol. The number of unbranched alkanes of at least 4 members (excludes halogenated alkanes) is 1. The molecule has 0 saturated carbocycles. The Morgan fingerprint density at radius 1 is 1.30 bits per heavy atom. The van der Waals surface area contributed by atoms with Gasteiger partial charge in [-0.1, -0.05) is 62.4 Å². The summed E-state index contributed by atoms with van der Waals surface area (Å²) in [6.07, 6.45) is 5.62. The molecule has 4 rings (SSSR count). The molecule has 0 bridgehead atoms. The van der Waals surface area contributed by atoms with Gasteiger partial charge in [-0.3, -0.25) is 9.36 Å². The fraction of sp³-hybridized carbons (Fsp3) is 0.455. The van der Waals surface area contributed by atoms with Gasteiger partial charge in [0.05, 0.1) is 11.9 Å². The summed E-state index contributed by atoms with van der Waals surface area (Å²) in [5.41, 5.74) is 2.57. The normalized spacial score (nSPS) is 16.6. The predicted octanol–water partition coefficient (Wildman–Crippen LogP) is 5.52. The molecule has 0 unspecified atom stereocenters. The third-order valence-electron chi connectivity index (χ3n) is 5.29. The van der Waals surface area contributed by atoms with Crippen molar-refractivity contribution in [1.29, 1.82) is 0 Å². The van der Waals surface area contributed by atoms with Crippen LogP contribution in [-0.2, 0) is 19.4 Å². The summed E-state index contributed by atoms with van der Waals surface area (Å²) in [7, 11) is 0. The van der Waals surface area contributed by atoms with Crippen LogP contribution in [0.15, 0.2) is 40.3 Å². The number of hydrogen-bond acceptors (Lipinski definition) is 4. The highest BCUT2D eigenvalue weighted by Gasteiger charge is 2.24. The lowest BCUT2D eigenvalue weighted by molar-refractivity contribution is 0.508. The van der Waals surface area contributed by atoms with E-state index < -0.39 is 0 Å². The van der Waals surface area contributed by atoms with Gasteiger partial charge in [-0.15, -0.1) is 11.3 Å². The van der Waals surface area contributed by atoms with Crippen LogP contribution in [0.1, 0.15) is 49.1 Å². The van der Waals surface area contributed by atoms with Crippen molar-refractivity contribution in [3.05, 3.63) is 56.7 Å². The molecule has 27 heavy (non-hydrogen) atoms. The van der Waals surface area contributed by atoms with Gasteiger partial charge in [0.1, 0.15) is 4.83 Å². The highest BCUT2D eigenvalue weighted by atomic mass is 32.2. The molecule has 0 saturated heterocycles. The first-order valence-corrected chi connectivity index (χ1v) is 11.7. The average molecular weight is 399 g/mol. The van der Waals surface area contributed by atoms with Gasteiger partial charge in [-0.05, 0) is 42.7 Å². The Bertz CT molecular complexity index is 991. The highest BCUT2D eigenvalue weighted by Crippen LogP contribution is 2.36. The number of nitrogens with zero attached hydrogens (tertiary/aromatic N) is 2. The molecule has 0 spiro atoms. The maximum absolute atomic E-state index is 13.5. The predicted molar refractivity (Wildman–Crippen MR) is 116 cm³/mol. The van der Waals surface area contributed by atoms with Crippen molar-refractivity contribution in [2.24, 2.45) is 5.92 Å². The minimum absolute atomic E-state index is 0.148. The molecule has 0 fully saturated rings. The van der Waals surface area contributed by atoms with E-state index in [1.54, 1.807) is 23.1 Å². The van der Waals surface area contributed by atoms with E-state index in [1.807, 2.05) is 22.8 Å². The highest BCUT2D eigenvalue weighted by molar-refractivity contribution is 7.99. The molecule has 3 nitrogen and oxygen atoms in total. The maximum Gasteiger partial charge on any atom is 0.263 e. The lowest BCUT2D eigenvalue weighted by Crippen LogP contribution is -2.25.